The number of piperidine rings is 1. The molecule has 6 rings (SSSR count). The van der Waals surface area contributed by atoms with Crippen molar-refractivity contribution in [3.63, 3.8) is 0 Å². The summed E-state index contributed by atoms with van der Waals surface area (Å²) in [5.41, 5.74) is 4.98. The number of benzene rings is 3. The number of methoxy groups -OCH3 is 2. The van der Waals surface area contributed by atoms with Crippen LogP contribution in [0.15, 0.2) is 71.6 Å². The molecule has 0 bridgehead atoms. The second-order valence-electron chi connectivity index (χ2n) is 14.2. The van der Waals surface area contributed by atoms with E-state index in [0.717, 1.165) is 59.8 Å². The predicted octanol–water partition coefficient (Wildman–Crippen LogP) is 4.92. The maximum Gasteiger partial charge on any atom is 0.243 e. The van der Waals surface area contributed by atoms with Gasteiger partial charge in [0.25, 0.3) is 0 Å². The molecule has 0 radical (unpaired) electrons. The summed E-state index contributed by atoms with van der Waals surface area (Å²) in [6.45, 7) is 6.75. The van der Waals surface area contributed by atoms with Crippen LogP contribution in [0.4, 0.5) is 5.69 Å². The molecule has 3 aromatic carbocycles. The molecule has 1 saturated carbocycles. The quantitative estimate of drug-likeness (QED) is 0.170. The van der Waals surface area contributed by atoms with E-state index in [-0.39, 0.29) is 43.7 Å². The van der Waals surface area contributed by atoms with Crippen molar-refractivity contribution in [2.45, 2.75) is 68.5 Å². The van der Waals surface area contributed by atoms with Gasteiger partial charge in [-0.15, -0.1) is 0 Å². The number of aliphatic hydroxyl groups is 1. The van der Waals surface area contributed by atoms with E-state index in [2.05, 4.69) is 35.2 Å². The second-order valence-corrected chi connectivity index (χ2v) is 16.1. The number of nitrogens with zero attached hydrogens (tertiary/aromatic N) is 2. The Kier molecular flexibility index (Phi) is 13.6. The normalized spacial score (nSPS) is 21.5. The molecule has 1 N–H and O–H groups in total. The topological polar surface area (TPSA) is 116 Å². The lowest BCUT2D eigenvalue weighted by molar-refractivity contribution is -0.0997. The molecule has 52 heavy (non-hydrogen) atoms. The maximum absolute atomic E-state index is 14.2. The molecule has 2 heterocycles. The van der Waals surface area contributed by atoms with Crippen LogP contribution in [0.1, 0.15) is 47.4 Å². The summed E-state index contributed by atoms with van der Waals surface area (Å²) in [6.07, 6.45) is 1.33. The monoisotopic (exact) mass is 738 g/mol. The molecule has 284 valence electrons. The number of sulfonamides is 1. The molecule has 2 fully saturated rings. The molecule has 1 unspecified atom stereocenters. The lowest BCUT2D eigenvalue weighted by Crippen LogP contribution is -2.54. The summed E-state index contributed by atoms with van der Waals surface area (Å²) in [5, 5.41) is 10.6. The van der Waals surface area contributed by atoms with Crippen LogP contribution in [0.25, 0.3) is 0 Å². The van der Waals surface area contributed by atoms with E-state index >= 15 is 0 Å². The van der Waals surface area contributed by atoms with Crippen molar-refractivity contribution in [3.8, 4) is 5.75 Å². The van der Waals surface area contributed by atoms with Crippen LogP contribution < -0.4 is 9.64 Å². The molecular weight excluding hydrogens is 685 g/mol. The van der Waals surface area contributed by atoms with Gasteiger partial charge in [0.2, 0.25) is 10.0 Å². The molecule has 1 aliphatic carbocycles. The van der Waals surface area contributed by atoms with E-state index < -0.39 is 28.3 Å². The lowest BCUT2D eigenvalue weighted by Gasteiger charge is -2.43. The zero-order valence-electron chi connectivity index (χ0n) is 30.7. The van der Waals surface area contributed by atoms with Gasteiger partial charge in [0.05, 0.1) is 55.8 Å². The highest BCUT2D eigenvalue weighted by molar-refractivity contribution is 7.89. The smallest absolute Gasteiger partial charge is 0.243 e. The van der Waals surface area contributed by atoms with Gasteiger partial charge in [-0.1, -0.05) is 48.0 Å². The van der Waals surface area contributed by atoms with Crippen molar-refractivity contribution in [3.05, 3.63) is 89.0 Å². The first kappa shape index (κ1) is 38.6. The largest absolute Gasteiger partial charge is 0.490 e. The lowest BCUT2D eigenvalue weighted by atomic mass is 9.85. The highest BCUT2D eigenvalue weighted by atomic mass is 32.2. The highest BCUT2D eigenvalue weighted by Gasteiger charge is 2.44. The third-order valence-electron chi connectivity index (χ3n) is 10.00. The van der Waals surface area contributed by atoms with Crippen LogP contribution in [0.5, 0.6) is 5.75 Å². The molecule has 0 amide bonds. The van der Waals surface area contributed by atoms with Crippen LogP contribution >= 0.6 is 0 Å². The Morgan fingerprint density at radius 1 is 0.885 bits per heavy atom. The van der Waals surface area contributed by atoms with E-state index in [1.807, 2.05) is 19.1 Å². The Morgan fingerprint density at radius 2 is 1.62 bits per heavy atom. The van der Waals surface area contributed by atoms with Gasteiger partial charge in [-0.2, -0.15) is 4.31 Å². The number of anilines is 1. The number of aryl methyl sites for hydroxylation is 1. The Balaban J connectivity index is 1.28. The Morgan fingerprint density at radius 3 is 2.33 bits per heavy atom. The van der Waals surface area contributed by atoms with Crippen molar-refractivity contribution < 1.29 is 41.9 Å². The first-order valence-corrected chi connectivity index (χ1v) is 19.8. The van der Waals surface area contributed by atoms with Crippen LogP contribution in [0, 0.1) is 12.8 Å². The summed E-state index contributed by atoms with van der Waals surface area (Å²) in [5.74, 6) is 1.20. The number of rotatable bonds is 19. The predicted molar refractivity (Wildman–Crippen MR) is 198 cm³/mol. The molecule has 3 aliphatic rings. The third-order valence-corrected chi connectivity index (χ3v) is 11.8. The van der Waals surface area contributed by atoms with Crippen LogP contribution in [0.2, 0.25) is 0 Å². The molecule has 12 heteroatoms. The van der Waals surface area contributed by atoms with E-state index in [0.29, 0.717) is 25.7 Å². The number of hydrogen-bond acceptors (Lipinski definition) is 10. The number of ether oxygens (including phenoxy) is 6. The molecule has 4 atom stereocenters. The van der Waals surface area contributed by atoms with Crippen molar-refractivity contribution in [2.24, 2.45) is 5.92 Å². The summed E-state index contributed by atoms with van der Waals surface area (Å²) in [6, 6.07) is 21.2. The van der Waals surface area contributed by atoms with Gasteiger partial charge >= 0.3 is 0 Å². The fraction of sp³-hybridized carbons (Fsp3) is 0.550. The van der Waals surface area contributed by atoms with E-state index in [1.165, 1.54) is 24.3 Å². The van der Waals surface area contributed by atoms with Gasteiger partial charge < -0.3 is 38.4 Å². The van der Waals surface area contributed by atoms with Crippen molar-refractivity contribution in [2.75, 3.05) is 78.3 Å². The minimum absolute atomic E-state index is 0.0169. The number of hydrogen-bond donors (Lipinski definition) is 1. The first-order valence-electron chi connectivity index (χ1n) is 18.4. The molecule has 11 nitrogen and oxygen atoms in total. The first-order chi connectivity index (χ1) is 25.2. The standard InChI is InChI=1S/C40H54N2O9S/c1-29-5-14-35(15-6-29)52(44,45)42-22-38(50-26-32-11-16-37-36(21-32)41(18-20-49-37)17-4-19-46-2)40(39(23-42)51-28-34(43)27-47-3)33-12-9-31(10-13-33)25-48-24-30-7-8-30/h5-6,9-16,21,30,34,38-40,43H,4,7-8,17-20,22-28H2,1-3H3/t34?,38-,39+,40+/m0/s1. The van der Waals surface area contributed by atoms with Crippen LogP contribution in [0.3, 0.4) is 0 Å². The Bertz CT molecular complexity index is 1670. The van der Waals surface area contributed by atoms with Gasteiger partial charge in [-0.25, -0.2) is 8.42 Å². The fourth-order valence-corrected chi connectivity index (χ4v) is 8.39. The van der Waals surface area contributed by atoms with Gasteiger partial charge in [-0.05, 0) is 73.1 Å². The molecule has 2 aliphatic heterocycles. The second kappa shape index (κ2) is 18.3. The molecule has 3 aromatic rings. The summed E-state index contributed by atoms with van der Waals surface area (Å²) in [7, 11) is -0.661. The molecule has 1 saturated heterocycles. The number of aliphatic hydroxyl groups excluding tert-OH is 1. The summed E-state index contributed by atoms with van der Waals surface area (Å²) >= 11 is 0. The van der Waals surface area contributed by atoms with Gasteiger partial charge in [0.1, 0.15) is 18.5 Å². The molecule has 0 spiro atoms. The minimum Gasteiger partial charge on any atom is -0.490 e. The highest BCUT2D eigenvalue weighted by Crippen LogP contribution is 2.37. The maximum atomic E-state index is 14.2. The van der Waals surface area contributed by atoms with E-state index in [9.17, 15) is 13.5 Å². The van der Waals surface area contributed by atoms with Crippen molar-refractivity contribution in [1.29, 1.82) is 0 Å². The molecule has 0 aromatic heterocycles. The Labute approximate surface area is 308 Å². The summed E-state index contributed by atoms with van der Waals surface area (Å²) < 4.78 is 65.3. The average Bonchev–Trinajstić information content (AvgIpc) is 3.98. The fourth-order valence-electron chi connectivity index (χ4n) is 6.92. The van der Waals surface area contributed by atoms with E-state index in [1.54, 1.807) is 31.4 Å². The van der Waals surface area contributed by atoms with Gasteiger partial charge in [-0.3, -0.25) is 0 Å². The summed E-state index contributed by atoms with van der Waals surface area (Å²) in [4.78, 5) is 2.53. The van der Waals surface area contributed by atoms with Crippen LogP contribution in [-0.2, 0) is 46.9 Å². The zero-order valence-corrected chi connectivity index (χ0v) is 31.5. The van der Waals surface area contributed by atoms with Crippen molar-refractivity contribution >= 4 is 15.7 Å². The minimum atomic E-state index is -3.90. The van der Waals surface area contributed by atoms with Gasteiger partial charge in [0, 0.05) is 53.0 Å². The zero-order chi connectivity index (χ0) is 36.5. The van der Waals surface area contributed by atoms with Gasteiger partial charge in [0.15, 0.2) is 0 Å². The Hall–Kier alpha value is -3.07. The van der Waals surface area contributed by atoms with Crippen molar-refractivity contribution in [1.82, 2.24) is 4.31 Å². The SMILES string of the molecule is COCCCN1CCOc2ccc(CO[C@H]3CN(S(=O)(=O)c4ccc(C)cc4)C[C@@H](OCC(O)COC)[C@@H]3c3ccc(COCC4CC4)cc3)cc21. The van der Waals surface area contributed by atoms with Crippen LogP contribution in [-0.4, -0.2) is 110 Å². The molecular formula is C40H54N2O9S. The average molecular weight is 739 g/mol. The number of fused-ring (bicyclic) bond motifs is 1. The van der Waals surface area contributed by atoms with E-state index in [4.69, 9.17) is 28.4 Å². The third kappa shape index (κ3) is 10.1.